The number of ether oxygens (including phenoxy) is 1. The fourth-order valence-electron chi connectivity index (χ4n) is 1.56. The van der Waals surface area contributed by atoms with Crippen molar-refractivity contribution < 1.29 is 18.3 Å². The third-order valence-electron chi connectivity index (χ3n) is 2.76. The van der Waals surface area contributed by atoms with Gasteiger partial charge in [0.15, 0.2) is 18.2 Å². The van der Waals surface area contributed by atoms with Crippen molar-refractivity contribution in [2.24, 2.45) is 0 Å². The van der Waals surface area contributed by atoms with Gasteiger partial charge in [-0.1, -0.05) is 13.8 Å². The first-order chi connectivity index (χ1) is 8.97. The first-order valence-electron chi connectivity index (χ1n) is 6.14. The Kier molecular flexibility index (Phi) is 5.54. The summed E-state index contributed by atoms with van der Waals surface area (Å²) in [6.07, 6.45) is 1.60. The van der Waals surface area contributed by atoms with E-state index in [1.807, 2.05) is 13.8 Å². The number of hydrogen-bond donors (Lipinski definition) is 2. The standard InChI is InChI=1S/C13H18F2N2O2/c1-3-8(4-2)17-13(18)7-19-12-6-9(14)11(16)5-10(12)15/h5-6,8H,3-4,7,16H2,1-2H3,(H,17,18). The fourth-order valence-corrected chi connectivity index (χ4v) is 1.56. The molecule has 106 valence electrons. The van der Waals surface area contributed by atoms with Gasteiger partial charge in [-0.25, -0.2) is 8.78 Å². The summed E-state index contributed by atoms with van der Waals surface area (Å²) in [4.78, 5) is 11.5. The maximum Gasteiger partial charge on any atom is 0.258 e. The molecule has 0 saturated heterocycles. The normalized spacial score (nSPS) is 10.6. The Balaban J connectivity index is 2.57. The van der Waals surface area contributed by atoms with Crippen molar-refractivity contribution in [3.63, 3.8) is 0 Å². The lowest BCUT2D eigenvalue weighted by molar-refractivity contribution is -0.123. The van der Waals surface area contributed by atoms with Crippen molar-refractivity contribution in [2.75, 3.05) is 12.3 Å². The number of hydrogen-bond acceptors (Lipinski definition) is 3. The minimum Gasteiger partial charge on any atom is -0.481 e. The van der Waals surface area contributed by atoms with Crippen LogP contribution in [0.1, 0.15) is 26.7 Å². The summed E-state index contributed by atoms with van der Waals surface area (Å²) in [5.41, 5.74) is 4.90. The summed E-state index contributed by atoms with van der Waals surface area (Å²) in [6.45, 7) is 3.53. The van der Waals surface area contributed by atoms with E-state index in [2.05, 4.69) is 5.32 Å². The zero-order chi connectivity index (χ0) is 14.4. The topological polar surface area (TPSA) is 64.3 Å². The summed E-state index contributed by atoms with van der Waals surface area (Å²) in [5.74, 6) is -2.28. The van der Waals surface area contributed by atoms with Gasteiger partial charge in [-0.2, -0.15) is 0 Å². The average molecular weight is 272 g/mol. The molecule has 0 unspecified atom stereocenters. The van der Waals surface area contributed by atoms with Crippen molar-refractivity contribution in [3.8, 4) is 5.75 Å². The molecule has 0 aromatic heterocycles. The molecule has 0 heterocycles. The number of halogens is 2. The Morgan fingerprint density at radius 2 is 1.95 bits per heavy atom. The molecular weight excluding hydrogens is 254 g/mol. The van der Waals surface area contributed by atoms with E-state index >= 15 is 0 Å². The first-order valence-corrected chi connectivity index (χ1v) is 6.14. The highest BCUT2D eigenvalue weighted by Gasteiger charge is 2.12. The van der Waals surface area contributed by atoms with Gasteiger partial charge in [0, 0.05) is 18.2 Å². The summed E-state index contributed by atoms with van der Waals surface area (Å²) in [6, 6.07) is 1.71. The van der Waals surface area contributed by atoms with Crippen LogP contribution in [0.4, 0.5) is 14.5 Å². The van der Waals surface area contributed by atoms with Crippen molar-refractivity contribution in [1.29, 1.82) is 0 Å². The first kappa shape index (κ1) is 15.2. The number of nitrogens with two attached hydrogens (primary N) is 1. The van der Waals surface area contributed by atoms with E-state index in [1.54, 1.807) is 0 Å². The van der Waals surface area contributed by atoms with E-state index in [9.17, 15) is 13.6 Å². The van der Waals surface area contributed by atoms with Crippen molar-refractivity contribution in [2.45, 2.75) is 32.7 Å². The number of nitrogens with one attached hydrogen (secondary N) is 1. The van der Waals surface area contributed by atoms with Gasteiger partial charge in [-0.3, -0.25) is 4.79 Å². The second kappa shape index (κ2) is 6.92. The molecule has 0 spiro atoms. The Morgan fingerprint density at radius 1 is 1.32 bits per heavy atom. The third kappa shape index (κ3) is 4.39. The van der Waals surface area contributed by atoms with E-state index in [0.29, 0.717) is 0 Å². The molecule has 1 rings (SSSR count). The number of benzene rings is 1. The number of carbonyl (C=O) groups is 1. The zero-order valence-electron chi connectivity index (χ0n) is 11.0. The molecule has 0 aliphatic rings. The van der Waals surface area contributed by atoms with Crippen LogP contribution in [0.2, 0.25) is 0 Å². The molecule has 0 bridgehead atoms. The fraction of sp³-hybridized carbons (Fsp3) is 0.462. The molecule has 1 aromatic rings. The van der Waals surface area contributed by atoms with Gasteiger partial charge >= 0.3 is 0 Å². The second-order valence-electron chi connectivity index (χ2n) is 4.17. The number of nitrogen functional groups attached to an aromatic ring is 1. The van der Waals surface area contributed by atoms with Crippen LogP contribution in [-0.2, 0) is 4.79 Å². The summed E-state index contributed by atoms with van der Waals surface area (Å²) < 4.78 is 31.4. The van der Waals surface area contributed by atoms with E-state index in [-0.39, 0.29) is 30.0 Å². The quantitative estimate of drug-likeness (QED) is 0.780. The van der Waals surface area contributed by atoms with Crippen LogP contribution in [0.3, 0.4) is 0 Å². The molecule has 0 atom stereocenters. The molecule has 0 saturated carbocycles. The maximum atomic E-state index is 13.4. The van der Waals surface area contributed by atoms with E-state index in [0.717, 1.165) is 25.0 Å². The van der Waals surface area contributed by atoms with Crippen LogP contribution in [0, 0.1) is 11.6 Å². The Hall–Kier alpha value is -1.85. The lowest BCUT2D eigenvalue weighted by Gasteiger charge is -2.15. The smallest absolute Gasteiger partial charge is 0.258 e. The van der Waals surface area contributed by atoms with Gasteiger partial charge in [-0.15, -0.1) is 0 Å². The lowest BCUT2D eigenvalue weighted by atomic mass is 10.2. The van der Waals surface area contributed by atoms with Crippen LogP contribution in [0.15, 0.2) is 12.1 Å². The highest BCUT2D eigenvalue weighted by atomic mass is 19.1. The molecule has 1 amide bonds. The van der Waals surface area contributed by atoms with Gasteiger partial charge in [-0.05, 0) is 12.8 Å². The summed E-state index contributed by atoms with van der Waals surface area (Å²) in [5, 5.41) is 2.73. The minimum absolute atomic E-state index is 0.0594. The predicted molar refractivity (Wildman–Crippen MR) is 68.8 cm³/mol. The molecule has 0 radical (unpaired) electrons. The van der Waals surface area contributed by atoms with Crippen LogP contribution in [0.5, 0.6) is 5.75 Å². The number of carbonyl (C=O) groups excluding carboxylic acids is 1. The van der Waals surface area contributed by atoms with E-state index in [1.165, 1.54) is 0 Å². The number of amides is 1. The predicted octanol–water partition coefficient (Wildman–Crippen LogP) is 2.23. The zero-order valence-corrected chi connectivity index (χ0v) is 11.0. The van der Waals surface area contributed by atoms with Gasteiger partial charge < -0.3 is 15.8 Å². The molecule has 19 heavy (non-hydrogen) atoms. The molecular formula is C13H18F2N2O2. The number of rotatable bonds is 6. The second-order valence-corrected chi connectivity index (χ2v) is 4.17. The monoisotopic (exact) mass is 272 g/mol. The van der Waals surface area contributed by atoms with Crippen molar-refractivity contribution >= 4 is 11.6 Å². The van der Waals surface area contributed by atoms with Gasteiger partial charge in [0.2, 0.25) is 0 Å². The van der Waals surface area contributed by atoms with Crippen LogP contribution >= 0.6 is 0 Å². The highest BCUT2D eigenvalue weighted by molar-refractivity contribution is 5.77. The third-order valence-corrected chi connectivity index (χ3v) is 2.76. The van der Waals surface area contributed by atoms with Crippen LogP contribution in [-0.4, -0.2) is 18.6 Å². The van der Waals surface area contributed by atoms with Crippen molar-refractivity contribution in [1.82, 2.24) is 5.32 Å². The molecule has 0 aliphatic carbocycles. The number of anilines is 1. The molecule has 0 fully saturated rings. The maximum absolute atomic E-state index is 13.4. The van der Waals surface area contributed by atoms with Crippen LogP contribution in [0.25, 0.3) is 0 Å². The molecule has 3 N–H and O–H groups in total. The molecule has 4 nitrogen and oxygen atoms in total. The Morgan fingerprint density at radius 3 is 2.53 bits per heavy atom. The van der Waals surface area contributed by atoms with Gasteiger partial charge in [0.25, 0.3) is 5.91 Å². The SMILES string of the molecule is CCC(CC)NC(=O)COc1cc(F)c(N)cc1F. The molecule has 0 aliphatic heterocycles. The Bertz CT molecular complexity index is 449. The highest BCUT2D eigenvalue weighted by Crippen LogP contribution is 2.22. The largest absolute Gasteiger partial charge is 0.481 e. The van der Waals surface area contributed by atoms with Crippen LogP contribution < -0.4 is 15.8 Å². The summed E-state index contributed by atoms with van der Waals surface area (Å²) in [7, 11) is 0. The lowest BCUT2D eigenvalue weighted by Crippen LogP contribution is -2.37. The van der Waals surface area contributed by atoms with Crippen molar-refractivity contribution in [3.05, 3.63) is 23.8 Å². The molecule has 1 aromatic carbocycles. The van der Waals surface area contributed by atoms with E-state index < -0.39 is 11.6 Å². The van der Waals surface area contributed by atoms with Gasteiger partial charge in [0.1, 0.15) is 5.82 Å². The van der Waals surface area contributed by atoms with Gasteiger partial charge in [0.05, 0.1) is 5.69 Å². The minimum atomic E-state index is -0.797. The molecule has 6 heteroatoms. The average Bonchev–Trinajstić information content (AvgIpc) is 2.38. The van der Waals surface area contributed by atoms with E-state index in [4.69, 9.17) is 10.5 Å². The Labute approximate surface area is 110 Å². The summed E-state index contributed by atoms with van der Waals surface area (Å²) >= 11 is 0.